The second kappa shape index (κ2) is 14.2. The minimum absolute atomic E-state index is 0.00183. The van der Waals surface area contributed by atoms with Crippen molar-refractivity contribution in [1.29, 1.82) is 0 Å². The maximum atomic E-state index is 6.77. The number of hydrogen-bond donors (Lipinski definition) is 0. The van der Waals surface area contributed by atoms with Crippen LogP contribution in [0.3, 0.4) is 0 Å². The highest BCUT2D eigenvalue weighted by atomic mass is 16.5. The van der Waals surface area contributed by atoms with Crippen LogP contribution in [-0.2, 0) is 16.2 Å². The van der Waals surface area contributed by atoms with Gasteiger partial charge in [0.05, 0.1) is 28.1 Å². The van der Waals surface area contributed by atoms with E-state index in [0.717, 1.165) is 34.0 Å². The molecule has 0 amide bonds. The quantitative estimate of drug-likeness (QED) is 0.168. The molecule has 1 aliphatic heterocycles. The Labute approximate surface area is 349 Å². The topological polar surface area (TPSA) is 33.5 Å². The number of fused-ring (bicyclic) bond motifs is 4. The van der Waals surface area contributed by atoms with Crippen LogP contribution in [-0.4, -0.2) is 16.2 Å². The summed E-state index contributed by atoms with van der Waals surface area (Å²) in [5.41, 5.74) is 13.1. The molecule has 0 spiro atoms. The van der Waals surface area contributed by atoms with E-state index in [1.165, 1.54) is 55.7 Å². The van der Waals surface area contributed by atoms with Crippen LogP contribution in [0, 0.1) is 0 Å². The molecular formula is C54H54N4O. The molecule has 0 saturated carbocycles. The summed E-state index contributed by atoms with van der Waals surface area (Å²) in [4.78, 5) is 9.81. The van der Waals surface area contributed by atoms with E-state index in [2.05, 4.69) is 222 Å². The molecule has 6 aromatic carbocycles. The zero-order valence-corrected chi connectivity index (χ0v) is 35.8. The molecule has 2 aromatic heterocycles. The highest BCUT2D eigenvalue weighted by molar-refractivity contribution is 6.09. The Morgan fingerprint density at radius 3 is 1.86 bits per heavy atom. The molecule has 8 aromatic rings. The number of aromatic nitrogens is 2. The maximum Gasteiger partial charge on any atom is 0.137 e. The van der Waals surface area contributed by atoms with Crippen molar-refractivity contribution in [3.05, 3.63) is 168 Å². The van der Waals surface area contributed by atoms with E-state index in [0.29, 0.717) is 6.67 Å². The third kappa shape index (κ3) is 7.13. The van der Waals surface area contributed by atoms with Gasteiger partial charge in [0.25, 0.3) is 0 Å². The Morgan fingerprint density at radius 2 is 1.12 bits per heavy atom. The van der Waals surface area contributed by atoms with Crippen molar-refractivity contribution in [2.45, 2.75) is 78.6 Å². The van der Waals surface area contributed by atoms with Crippen LogP contribution >= 0.6 is 0 Å². The van der Waals surface area contributed by atoms with Crippen LogP contribution in [0.4, 0.5) is 22.7 Å². The Kier molecular flexibility index (Phi) is 9.19. The zero-order chi connectivity index (χ0) is 41.3. The number of nitrogens with zero attached hydrogens (tertiary/aromatic N) is 4. The summed E-state index contributed by atoms with van der Waals surface area (Å²) in [7, 11) is 0. The van der Waals surface area contributed by atoms with Gasteiger partial charge in [-0.1, -0.05) is 135 Å². The molecule has 0 unspecified atom stereocenters. The molecule has 5 heteroatoms. The van der Waals surface area contributed by atoms with Crippen LogP contribution < -0.4 is 14.5 Å². The lowest BCUT2D eigenvalue weighted by Crippen LogP contribution is -2.25. The Bertz CT molecular complexity index is 2850. The summed E-state index contributed by atoms with van der Waals surface area (Å²) < 4.78 is 9.04. The molecule has 0 N–H and O–H groups in total. The number of rotatable bonds is 6. The van der Waals surface area contributed by atoms with Crippen LogP contribution in [0.1, 0.15) is 79.0 Å². The molecule has 296 valence electrons. The lowest BCUT2D eigenvalue weighted by atomic mass is 9.85. The van der Waals surface area contributed by atoms with Crippen molar-refractivity contribution >= 4 is 44.6 Å². The number of para-hydroxylation sites is 1. The van der Waals surface area contributed by atoms with E-state index >= 15 is 0 Å². The van der Waals surface area contributed by atoms with Gasteiger partial charge in [0, 0.05) is 40.4 Å². The van der Waals surface area contributed by atoms with Gasteiger partial charge in [-0.05, 0) is 99.2 Å². The molecule has 0 aliphatic carbocycles. The number of pyridine rings is 1. The highest BCUT2D eigenvalue weighted by Crippen LogP contribution is 2.49. The van der Waals surface area contributed by atoms with Crippen molar-refractivity contribution in [1.82, 2.24) is 9.55 Å². The number of anilines is 4. The molecule has 1 aliphatic rings. The molecule has 0 atom stereocenters. The predicted octanol–water partition coefficient (Wildman–Crippen LogP) is 14.8. The van der Waals surface area contributed by atoms with E-state index in [4.69, 9.17) is 9.72 Å². The van der Waals surface area contributed by atoms with E-state index in [9.17, 15) is 0 Å². The first-order chi connectivity index (χ1) is 28.1. The molecule has 0 bridgehead atoms. The number of ether oxygens (including phenoxy) is 1. The van der Waals surface area contributed by atoms with Crippen molar-refractivity contribution in [2.24, 2.45) is 0 Å². The van der Waals surface area contributed by atoms with Crippen LogP contribution in [0.25, 0.3) is 38.8 Å². The van der Waals surface area contributed by atoms with Crippen LogP contribution in [0.2, 0.25) is 0 Å². The van der Waals surface area contributed by atoms with Gasteiger partial charge in [-0.3, -0.25) is 4.57 Å². The van der Waals surface area contributed by atoms with E-state index in [1.807, 2.05) is 6.20 Å². The largest absolute Gasteiger partial charge is 0.457 e. The summed E-state index contributed by atoms with van der Waals surface area (Å²) in [6.07, 6.45) is 1.92. The molecule has 0 saturated heterocycles. The lowest BCUT2D eigenvalue weighted by molar-refractivity contribution is 0.483. The molecule has 0 fully saturated rings. The van der Waals surface area contributed by atoms with Gasteiger partial charge in [-0.2, -0.15) is 0 Å². The Hall–Kier alpha value is -6.33. The smallest absolute Gasteiger partial charge is 0.137 e. The third-order valence-corrected chi connectivity index (χ3v) is 11.8. The van der Waals surface area contributed by atoms with Gasteiger partial charge < -0.3 is 14.5 Å². The molecular weight excluding hydrogens is 721 g/mol. The first-order valence-electron chi connectivity index (χ1n) is 20.8. The Morgan fingerprint density at radius 1 is 0.475 bits per heavy atom. The monoisotopic (exact) mass is 774 g/mol. The van der Waals surface area contributed by atoms with Crippen LogP contribution in [0.15, 0.2) is 152 Å². The van der Waals surface area contributed by atoms with Gasteiger partial charge in [-0.25, -0.2) is 4.98 Å². The Balaban J connectivity index is 1.12. The van der Waals surface area contributed by atoms with E-state index < -0.39 is 0 Å². The average molecular weight is 775 g/mol. The molecule has 3 heterocycles. The van der Waals surface area contributed by atoms with Crippen molar-refractivity contribution in [3.63, 3.8) is 0 Å². The van der Waals surface area contributed by atoms with Gasteiger partial charge in [0.15, 0.2) is 0 Å². The minimum Gasteiger partial charge on any atom is -0.457 e. The van der Waals surface area contributed by atoms with E-state index in [1.54, 1.807) is 0 Å². The fraction of sp³-hybridized carbons (Fsp3) is 0.241. The standard InChI is InChI=1S/C54H54N4O/c1-52(2,3)37-22-25-43(36-16-11-10-12-17-36)48(30-37)57-35-56(47-27-23-38(31-50(47)57)53(4,5)6)40-18-15-19-41(33-40)59-42-24-26-45-44-20-13-14-21-46(44)58(49(45)34-42)51-32-39(28-29-55-51)54(7,8)9/h10-34H,35H2,1-9H3. The normalized spacial score (nSPS) is 13.4. The zero-order valence-electron chi connectivity index (χ0n) is 35.8. The minimum atomic E-state index is -0.00447. The average Bonchev–Trinajstić information content (AvgIpc) is 3.76. The number of benzene rings is 6. The first-order valence-corrected chi connectivity index (χ1v) is 20.8. The number of hydrogen-bond acceptors (Lipinski definition) is 4. The second-order valence-electron chi connectivity index (χ2n) is 19.1. The molecule has 59 heavy (non-hydrogen) atoms. The highest BCUT2D eigenvalue weighted by Gasteiger charge is 2.32. The van der Waals surface area contributed by atoms with Crippen molar-refractivity contribution in [2.75, 3.05) is 16.5 Å². The second-order valence-corrected chi connectivity index (χ2v) is 19.1. The van der Waals surface area contributed by atoms with E-state index in [-0.39, 0.29) is 16.2 Å². The fourth-order valence-electron chi connectivity index (χ4n) is 8.36. The lowest BCUT2D eigenvalue weighted by Gasteiger charge is -2.28. The summed E-state index contributed by atoms with van der Waals surface area (Å²) in [5.74, 6) is 2.46. The summed E-state index contributed by atoms with van der Waals surface area (Å²) in [6.45, 7) is 21.1. The predicted molar refractivity (Wildman–Crippen MR) is 249 cm³/mol. The molecule has 5 nitrogen and oxygen atoms in total. The first kappa shape index (κ1) is 38.2. The maximum absolute atomic E-state index is 6.77. The van der Waals surface area contributed by atoms with Gasteiger partial charge >= 0.3 is 0 Å². The van der Waals surface area contributed by atoms with Crippen LogP contribution in [0.5, 0.6) is 11.5 Å². The summed E-state index contributed by atoms with van der Waals surface area (Å²) in [6, 6.07) is 52.6. The third-order valence-electron chi connectivity index (χ3n) is 11.8. The fourth-order valence-corrected chi connectivity index (χ4v) is 8.36. The van der Waals surface area contributed by atoms with Gasteiger partial charge in [-0.15, -0.1) is 0 Å². The molecule has 0 radical (unpaired) electrons. The van der Waals surface area contributed by atoms with Gasteiger partial charge in [0.1, 0.15) is 24.0 Å². The molecule has 9 rings (SSSR count). The summed E-state index contributed by atoms with van der Waals surface area (Å²) >= 11 is 0. The summed E-state index contributed by atoms with van der Waals surface area (Å²) in [5, 5.41) is 2.35. The SMILES string of the molecule is CC(C)(C)c1ccnc(-n2c3ccccc3c3ccc(Oc4cccc(N5CN(c6cc(C(C)(C)C)ccc6-c6ccccc6)c6cc(C(C)(C)C)ccc65)c4)cc32)c1. The van der Waals surface area contributed by atoms with Crippen molar-refractivity contribution in [3.8, 4) is 28.4 Å². The van der Waals surface area contributed by atoms with Gasteiger partial charge in [0.2, 0.25) is 0 Å². The van der Waals surface area contributed by atoms with Crippen molar-refractivity contribution < 1.29 is 4.74 Å².